The molecule has 0 aliphatic rings. The summed E-state index contributed by atoms with van der Waals surface area (Å²) in [4.78, 5) is 7.98. The Morgan fingerprint density at radius 1 is 1.36 bits per heavy atom. The molecule has 0 spiro atoms. The van der Waals surface area contributed by atoms with E-state index in [4.69, 9.17) is 5.73 Å². The van der Waals surface area contributed by atoms with E-state index in [-0.39, 0.29) is 0 Å². The van der Waals surface area contributed by atoms with Crippen molar-refractivity contribution in [2.45, 2.75) is 13.8 Å². The number of pyridine rings is 1. The minimum Gasteiger partial charge on any atom is -0.374 e. The maximum absolute atomic E-state index is 5.44. The highest BCUT2D eigenvalue weighted by Gasteiger charge is 2.02. The molecule has 74 valence electrons. The molecule has 4 nitrogen and oxygen atoms in total. The van der Waals surface area contributed by atoms with Gasteiger partial charge in [-0.15, -0.1) is 0 Å². The minimum atomic E-state index is 0.480. The van der Waals surface area contributed by atoms with Crippen molar-refractivity contribution in [3.63, 3.8) is 0 Å². The normalized spacial score (nSPS) is 9.00. The molecule has 14 heavy (non-hydrogen) atoms. The Kier molecular flexibility index (Phi) is 4.00. The quantitative estimate of drug-likeness (QED) is 0.780. The molecule has 0 saturated carbocycles. The lowest BCUT2D eigenvalue weighted by molar-refractivity contribution is 1.27. The van der Waals surface area contributed by atoms with E-state index in [2.05, 4.69) is 14.3 Å². The van der Waals surface area contributed by atoms with E-state index in [1.165, 1.54) is 11.5 Å². The molecule has 2 aromatic rings. The van der Waals surface area contributed by atoms with Gasteiger partial charge in [0.25, 0.3) is 0 Å². The topological polar surface area (TPSA) is 64.7 Å². The van der Waals surface area contributed by atoms with E-state index < -0.39 is 0 Å². The van der Waals surface area contributed by atoms with Crippen LogP contribution in [0, 0.1) is 0 Å². The van der Waals surface area contributed by atoms with Gasteiger partial charge in [0.2, 0.25) is 0 Å². The fraction of sp³-hybridized carbons (Fsp3) is 0.222. The first kappa shape index (κ1) is 10.6. The molecule has 0 aliphatic carbocycles. The molecule has 0 fully saturated rings. The molecule has 0 radical (unpaired) electrons. The standard InChI is InChI=1S/C7H6N4S.C2H6/c8-7-10-6(11-12-7)5-2-1-3-9-4-5;1-2/h1-4H,(H2,8,10,11);1-2H3. The highest BCUT2D eigenvalue weighted by atomic mass is 32.1. The number of aromatic nitrogens is 3. The van der Waals surface area contributed by atoms with Crippen LogP contribution in [0.5, 0.6) is 0 Å². The Labute approximate surface area is 87.0 Å². The van der Waals surface area contributed by atoms with E-state index in [1.807, 2.05) is 26.0 Å². The molecular weight excluding hydrogens is 196 g/mol. The largest absolute Gasteiger partial charge is 0.374 e. The van der Waals surface area contributed by atoms with Gasteiger partial charge in [-0.25, -0.2) is 0 Å². The van der Waals surface area contributed by atoms with Crippen LogP contribution >= 0.6 is 11.5 Å². The van der Waals surface area contributed by atoms with Gasteiger partial charge >= 0.3 is 0 Å². The molecule has 0 aromatic carbocycles. The third-order valence-electron chi connectivity index (χ3n) is 1.36. The Morgan fingerprint density at radius 3 is 2.64 bits per heavy atom. The first-order valence-electron chi connectivity index (χ1n) is 4.36. The zero-order valence-corrected chi connectivity index (χ0v) is 8.95. The summed E-state index contributed by atoms with van der Waals surface area (Å²) in [5.41, 5.74) is 6.33. The Bertz CT molecular complexity index is 371. The third-order valence-corrected chi connectivity index (χ3v) is 1.90. The van der Waals surface area contributed by atoms with E-state index in [1.54, 1.807) is 12.4 Å². The fourth-order valence-electron chi connectivity index (χ4n) is 0.847. The van der Waals surface area contributed by atoms with Crippen LogP contribution in [0.25, 0.3) is 11.4 Å². The van der Waals surface area contributed by atoms with Gasteiger partial charge in [-0.1, -0.05) is 13.8 Å². The summed E-state index contributed by atoms with van der Waals surface area (Å²) >= 11 is 1.19. The van der Waals surface area contributed by atoms with Crippen molar-refractivity contribution in [3.8, 4) is 11.4 Å². The van der Waals surface area contributed by atoms with E-state index in [0.717, 1.165) is 5.56 Å². The summed E-state index contributed by atoms with van der Waals surface area (Å²) < 4.78 is 4.05. The maximum atomic E-state index is 5.44. The molecular formula is C9H12N4S. The van der Waals surface area contributed by atoms with Crippen molar-refractivity contribution in [3.05, 3.63) is 24.5 Å². The zero-order valence-electron chi connectivity index (χ0n) is 8.14. The van der Waals surface area contributed by atoms with Crippen LogP contribution in [0.3, 0.4) is 0 Å². The SMILES string of the molecule is CC.Nc1nc(-c2cccnc2)ns1. The summed E-state index contributed by atoms with van der Waals surface area (Å²) in [6, 6.07) is 3.74. The summed E-state index contributed by atoms with van der Waals surface area (Å²) in [6.07, 6.45) is 3.42. The van der Waals surface area contributed by atoms with Crippen LogP contribution in [0.1, 0.15) is 13.8 Å². The predicted molar refractivity (Wildman–Crippen MR) is 58.9 cm³/mol. The van der Waals surface area contributed by atoms with Crippen molar-refractivity contribution in [2.75, 3.05) is 5.73 Å². The zero-order chi connectivity index (χ0) is 10.4. The lowest BCUT2D eigenvalue weighted by atomic mass is 10.3. The minimum absolute atomic E-state index is 0.480. The van der Waals surface area contributed by atoms with Crippen molar-refractivity contribution >= 4 is 16.7 Å². The average Bonchev–Trinajstić information content (AvgIpc) is 2.69. The maximum Gasteiger partial charge on any atom is 0.200 e. The van der Waals surface area contributed by atoms with Crippen LogP contribution in [-0.4, -0.2) is 14.3 Å². The number of hydrogen-bond acceptors (Lipinski definition) is 5. The number of hydrogen-bond donors (Lipinski definition) is 1. The van der Waals surface area contributed by atoms with Gasteiger partial charge < -0.3 is 5.73 Å². The van der Waals surface area contributed by atoms with Crippen molar-refractivity contribution in [2.24, 2.45) is 0 Å². The van der Waals surface area contributed by atoms with Gasteiger partial charge in [0.1, 0.15) is 0 Å². The van der Waals surface area contributed by atoms with Gasteiger partial charge in [-0.3, -0.25) is 4.98 Å². The molecule has 2 N–H and O–H groups in total. The van der Waals surface area contributed by atoms with Crippen molar-refractivity contribution in [1.82, 2.24) is 14.3 Å². The fourth-order valence-corrected chi connectivity index (χ4v) is 1.30. The summed E-state index contributed by atoms with van der Waals surface area (Å²) in [7, 11) is 0. The first-order valence-corrected chi connectivity index (χ1v) is 5.13. The second-order valence-corrected chi connectivity index (χ2v) is 2.98. The van der Waals surface area contributed by atoms with Gasteiger partial charge in [-0.05, 0) is 12.1 Å². The number of nitrogen functional groups attached to an aromatic ring is 1. The lowest BCUT2D eigenvalue weighted by Crippen LogP contribution is -1.83. The number of rotatable bonds is 1. The highest BCUT2D eigenvalue weighted by Crippen LogP contribution is 2.17. The monoisotopic (exact) mass is 208 g/mol. The summed E-state index contributed by atoms with van der Waals surface area (Å²) in [5.74, 6) is 0.644. The van der Waals surface area contributed by atoms with Crippen LogP contribution in [0.4, 0.5) is 5.13 Å². The van der Waals surface area contributed by atoms with Crippen LogP contribution in [0.2, 0.25) is 0 Å². The molecule has 0 aliphatic heterocycles. The third kappa shape index (κ3) is 2.50. The number of nitrogens with two attached hydrogens (primary N) is 1. The smallest absolute Gasteiger partial charge is 0.200 e. The predicted octanol–water partition coefficient (Wildman–Crippen LogP) is 2.21. The van der Waals surface area contributed by atoms with Crippen molar-refractivity contribution < 1.29 is 0 Å². The Balaban J connectivity index is 0.000000461. The van der Waals surface area contributed by atoms with Crippen LogP contribution in [-0.2, 0) is 0 Å². The molecule has 0 amide bonds. The van der Waals surface area contributed by atoms with E-state index in [9.17, 15) is 0 Å². The molecule has 0 saturated heterocycles. The molecule has 0 bridgehead atoms. The summed E-state index contributed by atoms with van der Waals surface area (Å²) in [5, 5.41) is 0.480. The van der Waals surface area contributed by atoms with E-state index in [0.29, 0.717) is 11.0 Å². The first-order chi connectivity index (χ1) is 6.86. The van der Waals surface area contributed by atoms with Crippen LogP contribution < -0.4 is 5.73 Å². The molecule has 2 aromatic heterocycles. The Morgan fingerprint density at radius 2 is 2.14 bits per heavy atom. The van der Waals surface area contributed by atoms with Gasteiger partial charge in [0, 0.05) is 29.5 Å². The second kappa shape index (κ2) is 5.29. The number of anilines is 1. The van der Waals surface area contributed by atoms with Gasteiger partial charge in [-0.2, -0.15) is 9.36 Å². The van der Waals surface area contributed by atoms with Crippen LogP contribution in [0.15, 0.2) is 24.5 Å². The van der Waals surface area contributed by atoms with Gasteiger partial charge in [0.05, 0.1) is 0 Å². The molecule has 0 unspecified atom stereocenters. The lowest BCUT2D eigenvalue weighted by Gasteiger charge is -1.90. The second-order valence-electron chi connectivity index (χ2n) is 2.20. The molecule has 5 heteroatoms. The molecule has 0 atom stereocenters. The molecule has 2 rings (SSSR count). The number of nitrogens with zero attached hydrogens (tertiary/aromatic N) is 3. The average molecular weight is 208 g/mol. The summed E-state index contributed by atoms with van der Waals surface area (Å²) in [6.45, 7) is 4.00. The van der Waals surface area contributed by atoms with Crippen molar-refractivity contribution in [1.29, 1.82) is 0 Å². The highest BCUT2D eigenvalue weighted by molar-refractivity contribution is 7.09. The Hall–Kier alpha value is -1.49. The van der Waals surface area contributed by atoms with E-state index >= 15 is 0 Å². The molecule has 2 heterocycles. The van der Waals surface area contributed by atoms with Gasteiger partial charge in [0.15, 0.2) is 11.0 Å².